The molecular formula is C13H18N2O4S. The van der Waals surface area contributed by atoms with Gasteiger partial charge in [-0.05, 0) is 31.0 Å². The number of benzene rings is 1. The van der Waals surface area contributed by atoms with Gasteiger partial charge in [-0.2, -0.15) is 0 Å². The van der Waals surface area contributed by atoms with Gasteiger partial charge >= 0.3 is 0 Å². The van der Waals surface area contributed by atoms with Gasteiger partial charge in [-0.1, -0.05) is 12.1 Å². The van der Waals surface area contributed by atoms with Crippen LogP contribution >= 0.6 is 0 Å². The summed E-state index contributed by atoms with van der Waals surface area (Å²) in [6.07, 6.45) is 1.15. The van der Waals surface area contributed by atoms with Crippen LogP contribution in [0.3, 0.4) is 0 Å². The first kappa shape index (κ1) is 16.3. The molecule has 0 saturated heterocycles. The van der Waals surface area contributed by atoms with Gasteiger partial charge in [0.2, 0.25) is 5.91 Å². The summed E-state index contributed by atoms with van der Waals surface area (Å²) >= 11 is -2.08. The van der Waals surface area contributed by atoms with Gasteiger partial charge in [-0.15, -0.1) is 0 Å². The molecule has 0 aromatic heterocycles. The first-order valence-electron chi connectivity index (χ1n) is 6.20. The molecule has 1 unspecified atom stereocenters. The largest absolute Gasteiger partial charge is 0.356 e. The van der Waals surface area contributed by atoms with E-state index in [2.05, 4.69) is 10.0 Å². The van der Waals surface area contributed by atoms with E-state index in [-0.39, 0.29) is 24.5 Å². The zero-order valence-electron chi connectivity index (χ0n) is 11.2. The van der Waals surface area contributed by atoms with Gasteiger partial charge in [-0.3, -0.25) is 14.1 Å². The number of carbonyl (C=O) groups is 2. The van der Waals surface area contributed by atoms with Crippen molar-refractivity contribution in [2.24, 2.45) is 0 Å². The van der Waals surface area contributed by atoms with Crippen molar-refractivity contribution in [3.8, 4) is 0 Å². The molecule has 0 saturated carbocycles. The fraction of sp³-hybridized carbons (Fsp3) is 0.385. The number of ketones is 1. The van der Waals surface area contributed by atoms with E-state index in [1.165, 1.54) is 6.92 Å². The quantitative estimate of drug-likeness (QED) is 0.630. The minimum Gasteiger partial charge on any atom is -0.356 e. The third-order valence-corrected chi connectivity index (χ3v) is 3.01. The van der Waals surface area contributed by atoms with Crippen molar-refractivity contribution in [3.63, 3.8) is 0 Å². The second-order valence-electron chi connectivity index (χ2n) is 4.35. The average Bonchev–Trinajstić information content (AvgIpc) is 2.38. The van der Waals surface area contributed by atoms with Crippen LogP contribution in [-0.2, 0) is 27.3 Å². The van der Waals surface area contributed by atoms with Crippen LogP contribution in [0.15, 0.2) is 24.3 Å². The molecular weight excluding hydrogens is 280 g/mol. The van der Waals surface area contributed by atoms with Gasteiger partial charge in [0.05, 0.1) is 0 Å². The molecule has 110 valence electrons. The van der Waals surface area contributed by atoms with Crippen molar-refractivity contribution in [2.75, 3.05) is 11.3 Å². The molecule has 0 aliphatic heterocycles. The molecule has 1 aromatic rings. The fourth-order valence-electron chi connectivity index (χ4n) is 1.56. The van der Waals surface area contributed by atoms with E-state index in [9.17, 15) is 13.8 Å². The Kier molecular flexibility index (Phi) is 6.89. The Morgan fingerprint density at radius 3 is 2.40 bits per heavy atom. The summed E-state index contributed by atoms with van der Waals surface area (Å²) in [5, 5.41) is 2.74. The Morgan fingerprint density at radius 1 is 1.20 bits per heavy atom. The second kappa shape index (κ2) is 8.44. The Bertz CT molecular complexity index is 488. The number of nitrogens with one attached hydrogen (secondary N) is 2. The van der Waals surface area contributed by atoms with Crippen molar-refractivity contribution < 1.29 is 18.4 Å². The number of hydrogen-bond acceptors (Lipinski definition) is 3. The lowest BCUT2D eigenvalue weighted by Gasteiger charge is -2.06. The molecule has 0 fully saturated rings. The number of carbonyl (C=O) groups excluding carboxylic acids is 2. The summed E-state index contributed by atoms with van der Waals surface area (Å²) < 4.78 is 21.6. The van der Waals surface area contributed by atoms with E-state index >= 15 is 0 Å². The predicted molar refractivity (Wildman–Crippen MR) is 77.5 cm³/mol. The number of Topliss-reactive ketones (excluding diaryl/α,β-unsaturated/α-hetero) is 1. The van der Waals surface area contributed by atoms with Crippen molar-refractivity contribution in [1.82, 2.24) is 5.32 Å². The van der Waals surface area contributed by atoms with E-state index in [1.54, 1.807) is 12.1 Å². The first-order chi connectivity index (χ1) is 9.47. The van der Waals surface area contributed by atoms with Crippen molar-refractivity contribution in [1.29, 1.82) is 0 Å². The topological polar surface area (TPSA) is 95.5 Å². The lowest BCUT2D eigenvalue weighted by Crippen LogP contribution is -2.25. The molecule has 0 radical (unpaired) electrons. The Balaban J connectivity index is 2.29. The van der Waals surface area contributed by atoms with Crippen molar-refractivity contribution >= 4 is 28.6 Å². The van der Waals surface area contributed by atoms with E-state index in [1.807, 2.05) is 12.1 Å². The van der Waals surface area contributed by atoms with E-state index in [0.717, 1.165) is 5.56 Å². The maximum atomic E-state index is 11.4. The molecule has 6 nitrogen and oxygen atoms in total. The second-order valence-corrected chi connectivity index (χ2v) is 5.05. The van der Waals surface area contributed by atoms with Gasteiger partial charge in [0.25, 0.3) is 11.3 Å². The van der Waals surface area contributed by atoms with Gasteiger partial charge in [0.1, 0.15) is 5.78 Å². The third kappa shape index (κ3) is 7.01. The van der Waals surface area contributed by atoms with Crippen LogP contribution in [0.2, 0.25) is 0 Å². The molecule has 7 heteroatoms. The summed E-state index contributed by atoms with van der Waals surface area (Å²) in [7, 11) is 0. The molecule has 0 aliphatic rings. The van der Waals surface area contributed by atoms with Crippen LogP contribution in [0.5, 0.6) is 0 Å². The van der Waals surface area contributed by atoms with E-state index < -0.39 is 11.3 Å². The van der Waals surface area contributed by atoms with Crippen LogP contribution in [0, 0.1) is 0 Å². The molecule has 0 spiro atoms. The minimum absolute atomic E-state index is 0.00418. The molecule has 20 heavy (non-hydrogen) atoms. The van der Waals surface area contributed by atoms with Gasteiger partial charge in [-0.25, -0.2) is 4.21 Å². The number of rotatable bonds is 8. The van der Waals surface area contributed by atoms with Crippen LogP contribution in [0.25, 0.3) is 0 Å². The van der Waals surface area contributed by atoms with Crippen molar-refractivity contribution in [3.05, 3.63) is 29.8 Å². The Hall–Kier alpha value is -1.73. The Labute approximate surface area is 120 Å². The zero-order chi connectivity index (χ0) is 15.0. The van der Waals surface area contributed by atoms with Crippen LogP contribution in [0.4, 0.5) is 5.69 Å². The SMILES string of the molecule is CC(=O)CCC(=O)NCCc1ccc(NS(=O)O)cc1. The maximum absolute atomic E-state index is 11.4. The summed E-state index contributed by atoms with van der Waals surface area (Å²) in [4.78, 5) is 22.1. The van der Waals surface area contributed by atoms with E-state index in [4.69, 9.17) is 4.55 Å². The van der Waals surface area contributed by atoms with Crippen molar-refractivity contribution in [2.45, 2.75) is 26.2 Å². The van der Waals surface area contributed by atoms with E-state index in [0.29, 0.717) is 18.7 Å². The monoisotopic (exact) mass is 298 g/mol. The van der Waals surface area contributed by atoms with Gasteiger partial charge in [0.15, 0.2) is 0 Å². The first-order valence-corrected chi connectivity index (χ1v) is 7.30. The number of anilines is 1. The summed E-state index contributed by atoms with van der Waals surface area (Å²) in [5.74, 6) is -0.126. The average molecular weight is 298 g/mol. The normalized spacial score (nSPS) is 11.7. The van der Waals surface area contributed by atoms with Gasteiger partial charge < -0.3 is 10.1 Å². The van der Waals surface area contributed by atoms with Crippen LogP contribution < -0.4 is 10.0 Å². The number of hydrogen-bond donors (Lipinski definition) is 3. The van der Waals surface area contributed by atoms with Gasteiger partial charge in [0, 0.05) is 25.1 Å². The number of amides is 1. The highest BCUT2D eigenvalue weighted by Crippen LogP contribution is 2.10. The summed E-state index contributed by atoms with van der Waals surface area (Å²) in [6, 6.07) is 7.02. The maximum Gasteiger partial charge on any atom is 0.259 e. The smallest absolute Gasteiger partial charge is 0.259 e. The highest BCUT2D eigenvalue weighted by molar-refractivity contribution is 7.80. The minimum atomic E-state index is -2.08. The predicted octanol–water partition coefficient (Wildman–Crippen LogP) is 1.26. The lowest BCUT2D eigenvalue weighted by atomic mass is 10.1. The molecule has 0 heterocycles. The molecule has 0 aliphatic carbocycles. The molecule has 3 N–H and O–H groups in total. The van der Waals surface area contributed by atoms with Crippen LogP contribution in [-0.4, -0.2) is 27.0 Å². The highest BCUT2D eigenvalue weighted by atomic mass is 32.2. The molecule has 1 amide bonds. The molecule has 0 bridgehead atoms. The Morgan fingerprint density at radius 2 is 1.85 bits per heavy atom. The molecule has 1 aromatic carbocycles. The third-order valence-electron chi connectivity index (χ3n) is 2.60. The molecule has 1 rings (SSSR count). The molecule has 1 atom stereocenters. The van der Waals surface area contributed by atoms with Crippen LogP contribution in [0.1, 0.15) is 25.3 Å². The standard InChI is InChI=1S/C13H18N2O4S/c1-10(16)2-7-13(17)14-9-8-11-3-5-12(6-4-11)15-20(18)19/h3-6,15H,2,7-9H2,1H3,(H,14,17)(H,18,19). The lowest BCUT2D eigenvalue weighted by molar-refractivity contribution is -0.124. The summed E-state index contributed by atoms with van der Waals surface area (Å²) in [6.45, 7) is 1.96. The fourth-order valence-corrected chi connectivity index (χ4v) is 1.90. The highest BCUT2D eigenvalue weighted by Gasteiger charge is 2.03. The zero-order valence-corrected chi connectivity index (χ0v) is 12.0. The summed E-state index contributed by atoms with van der Waals surface area (Å²) in [5.41, 5.74) is 1.56.